The number of unbranched alkanes of at least 4 members (excludes halogenated alkanes) is 3. The number of aromatic nitrogens is 1. The number of nitrogens with two attached hydrogens (primary N) is 2. The molecule has 0 saturated carbocycles. The second-order valence-electron chi connectivity index (χ2n) is 11.9. The van der Waals surface area contributed by atoms with E-state index in [-0.39, 0.29) is 30.7 Å². The molecule has 3 aromatic rings. The molecular weight excluding hydrogens is 552 g/mol. The van der Waals surface area contributed by atoms with E-state index in [0.29, 0.717) is 30.9 Å². The fourth-order valence-electron chi connectivity index (χ4n) is 6.25. The molecule has 0 saturated heterocycles. The Morgan fingerprint density at radius 2 is 1.77 bits per heavy atom. The smallest absolute Gasteiger partial charge is 0.328 e. The van der Waals surface area contributed by atoms with Crippen molar-refractivity contribution in [1.29, 1.82) is 0 Å². The second kappa shape index (κ2) is 17.5. The van der Waals surface area contributed by atoms with Crippen molar-refractivity contribution in [2.45, 2.75) is 94.7 Å². The lowest BCUT2D eigenvalue weighted by molar-refractivity contribution is -0.131. The number of rotatable bonds is 19. The highest BCUT2D eigenvalue weighted by atomic mass is 16.4. The van der Waals surface area contributed by atoms with Gasteiger partial charge in [-0.1, -0.05) is 92.3 Å². The summed E-state index contributed by atoms with van der Waals surface area (Å²) in [6, 6.07) is 18.5. The summed E-state index contributed by atoms with van der Waals surface area (Å²) in [4.78, 5) is 19.4. The molecule has 0 radical (unpaired) electrons. The van der Waals surface area contributed by atoms with Crippen molar-refractivity contribution >= 4 is 28.5 Å². The molecule has 0 unspecified atom stereocenters. The van der Waals surface area contributed by atoms with E-state index in [1.54, 1.807) is 0 Å². The third-order valence-electron chi connectivity index (χ3n) is 8.62. The number of aliphatic hydroxyl groups is 1. The number of fused-ring (bicyclic) bond motifs is 1. The van der Waals surface area contributed by atoms with E-state index in [9.17, 15) is 9.90 Å². The molecule has 4 atom stereocenters. The summed E-state index contributed by atoms with van der Waals surface area (Å²) in [5.41, 5.74) is 14.5. The molecule has 8 N–H and O–H groups in total. The summed E-state index contributed by atoms with van der Waals surface area (Å²) < 4.78 is 0. The highest BCUT2D eigenvalue weighted by Crippen LogP contribution is 2.35. The van der Waals surface area contributed by atoms with Crippen molar-refractivity contribution in [2.24, 2.45) is 16.5 Å². The number of aliphatic imine (C=N–C) groups is 1. The van der Waals surface area contributed by atoms with Crippen molar-refractivity contribution in [2.75, 3.05) is 13.2 Å². The highest BCUT2D eigenvalue weighted by molar-refractivity contribution is 5.84. The summed E-state index contributed by atoms with van der Waals surface area (Å²) in [5.74, 6) is 0.326. The Kier molecular flexibility index (Phi) is 13.1. The van der Waals surface area contributed by atoms with Crippen molar-refractivity contribution in [3.05, 3.63) is 83.3 Å². The Bertz CT molecular complexity index is 1360. The lowest BCUT2D eigenvalue weighted by Crippen LogP contribution is -2.46. The van der Waals surface area contributed by atoms with Gasteiger partial charge in [0.05, 0.1) is 6.04 Å². The van der Waals surface area contributed by atoms with Crippen molar-refractivity contribution in [1.82, 2.24) is 10.3 Å². The zero-order chi connectivity index (χ0) is 31.1. The molecule has 0 aliphatic carbocycles. The molecule has 1 aromatic heterocycles. The molecule has 9 heteroatoms. The Morgan fingerprint density at radius 1 is 0.977 bits per heavy atom. The first kappa shape index (κ1) is 33.1. The predicted molar refractivity (Wildman–Crippen MR) is 179 cm³/mol. The molecule has 0 fully saturated rings. The number of nitrogens with zero attached hydrogens (tertiary/aromatic N) is 2. The molecule has 44 heavy (non-hydrogen) atoms. The van der Waals surface area contributed by atoms with Crippen LogP contribution in [0.4, 0.5) is 5.82 Å². The maximum absolute atomic E-state index is 12.0. The topological polar surface area (TPSA) is 164 Å². The number of nitrogens with one attached hydrogen (secondary N) is 2. The van der Waals surface area contributed by atoms with E-state index >= 15 is 0 Å². The number of carboxylic acid groups (broad SMARTS) is 1. The number of H-pyrrole nitrogens is 1. The van der Waals surface area contributed by atoms with Crippen molar-refractivity contribution in [3.63, 3.8) is 0 Å². The van der Waals surface area contributed by atoms with E-state index in [4.69, 9.17) is 21.9 Å². The van der Waals surface area contributed by atoms with Gasteiger partial charge in [0, 0.05) is 25.3 Å². The SMILES string of the molecule is NC1=NCC[C@H](/C(=C\C(=O)O)[C@@H](CC[C@@H](CCC[C@H](N)CCCCCCO)c2ccc3ccccc3c2)[N-]c2ccc[nH]2)N1. The number of carbonyl (C=O) groups is 1. The lowest BCUT2D eigenvalue weighted by Gasteiger charge is -2.35. The number of guanidine groups is 1. The molecule has 2 aromatic carbocycles. The molecule has 0 spiro atoms. The molecule has 0 amide bonds. The van der Waals surface area contributed by atoms with Crippen LogP contribution in [0.3, 0.4) is 0 Å². The molecule has 1 aliphatic rings. The van der Waals surface area contributed by atoms with Gasteiger partial charge in [-0.25, -0.2) is 4.79 Å². The van der Waals surface area contributed by atoms with Crippen LogP contribution in [-0.4, -0.2) is 58.4 Å². The second-order valence-corrected chi connectivity index (χ2v) is 11.9. The van der Waals surface area contributed by atoms with Crippen LogP contribution in [0.25, 0.3) is 16.1 Å². The largest absolute Gasteiger partial charge is 0.478 e. The summed E-state index contributed by atoms with van der Waals surface area (Å²) >= 11 is 0. The van der Waals surface area contributed by atoms with Crippen LogP contribution in [0.1, 0.15) is 82.1 Å². The Balaban J connectivity index is 1.51. The minimum atomic E-state index is -0.994. The maximum atomic E-state index is 12.0. The first-order chi connectivity index (χ1) is 21.4. The van der Waals surface area contributed by atoms with Gasteiger partial charge < -0.3 is 37.3 Å². The molecule has 9 nitrogen and oxygen atoms in total. The van der Waals surface area contributed by atoms with Gasteiger partial charge in [0.2, 0.25) is 0 Å². The zero-order valence-electron chi connectivity index (χ0n) is 25.7. The molecule has 4 rings (SSSR count). The first-order valence-corrected chi connectivity index (χ1v) is 16.1. The number of aromatic amines is 1. The fourth-order valence-corrected chi connectivity index (χ4v) is 6.25. The fraction of sp³-hybridized carbons (Fsp3) is 0.486. The molecular formula is C35H49N6O3-. The third kappa shape index (κ3) is 10.4. The lowest BCUT2D eigenvalue weighted by atomic mass is 9.84. The molecule has 0 bridgehead atoms. The Labute approximate surface area is 261 Å². The van der Waals surface area contributed by atoms with E-state index in [1.165, 1.54) is 22.4 Å². The Morgan fingerprint density at radius 3 is 2.52 bits per heavy atom. The number of aliphatic carboxylic acids is 1. The summed E-state index contributed by atoms with van der Waals surface area (Å²) in [6.07, 6.45) is 13.4. The minimum Gasteiger partial charge on any atom is -0.478 e. The van der Waals surface area contributed by atoms with Crippen LogP contribution < -0.4 is 16.8 Å². The van der Waals surface area contributed by atoms with Gasteiger partial charge in [0.1, 0.15) is 0 Å². The van der Waals surface area contributed by atoms with Gasteiger partial charge in [0.15, 0.2) is 5.96 Å². The normalized spacial score (nSPS) is 17.5. The molecule has 238 valence electrons. The van der Waals surface area contributed by atoms with Crippen LogP contribution in [0.5, 0.6) is 0 Å². The number of hydrogen-bond donors (Lipinski definition) is 6. The number of aliphatic hydroxyl groups excluding tert-OH is 1. The average Bonchev–Trinajstić information content (AvgIpc) is 3.54. The zero-order valence-corrected chi connectivity index (χ0v) is 25.7. The quantitative estimate of drug-likeness (QED) is 0.0704. The van der Waals surface area contributed by atoms with Gasteiger partial charge in [-0.15, -0.1) is 0 Å². The van der Waals surface area contributed by atoms with Crippen LogP contribution in [0.15, 0.2) is 77.4 Å². The number of hydrogen-bond acceptors (Lipinski definition) is 6. The van der Waals surface area contributed by atoms with Crippen molar-refractivity contribution in [3.8, 4) is 0 Å². The third-order valence-corrected chi connectivity index (χ3v) is 8.62. The van der Waals surface area contributed by atoms with E-state index in [0.717, 1.165) is 63.6 Å². The van der Waals surface area contributed by atoms with Crippen LogP contribution in [0, 0.1) is 0 Å². The predicted octanol–water partition coefficient (Wildman–Crippen LogP) is 6.23. The first-order valence-electron chi connectivity index (χ1n) is 16.1. The average molecular weight is 602 g/mol. The maximum Gasteiger partial charge on any atom is 0.328 e. The highest BCUT2D eigenvalue weighted by Gasteiger charge is 2.25. The standard InChI is InChI=1S/C35H49N6O3/c36-29(12-3-1-2-6-22-42)13-7-11-26(28-16-15-25-9-4-5-10-27(25)23-28)17-18-31(40-33-14-8-20-38-33)30(24-34(43)44)32-19-21-39-35(37)41-32/h4-5,8-10,14-16,20,23-24,26,29,31-32,38,42H,1-3,6-7,11-13,17-19,21-22,36H2,(H,43,44)(H3,37,39,41)/q-1/b30-24-/t26-,29-,31-,32-/m1/s1. The van der Waals surface area contributed by atoms with Crippen LogP contribution >= 0.6 is 0 Å². The van der Waals surface area contributed by atoms with E-state index < -0.39 is 5.97 Å². The van der Waals surface area contributed by atoms with Crippen molar-refractivity contribution < 1.29 is 15.0 Å². The number of carboxylic acids is 1. The van der Waals surface area contributed by atoms with Gasteiger partial charge >= 0.3 is 5.97 Å². The van der Waals surface area contributed by atoms with E-state index in [1.807, 2.05) is 18.3 Å². The van der Waals surface area contributed by atoms with Gasteiger partial charge in [-0.3, -0.25) is 4.99 Å². The number of benzene rings is 2. The summed E-state index contributed by atoms with van der Waals surface area (Å²) in [7, 11) is 0. The minimum absolute atomic E-state index is 0.173. The van der Waals surface area contributed by atoms with Gasteiger partial charge in [0.25, 0.3) is 0 Å². The Hall–Kier alpha value is -3.82. The monoisotopic (exact) mass is 601 g/mol. The van der Waals surface area contributed by atoms with Crippen LogP contribution in [-0.2, 0) is 4.79 Å². The van der Waals surface area contributed by atoms with Gasteiger partial charge in [-0.2, -0.15) is 0 Å². The summed E-state index contributed by atoms with van der Waals surface area (Å²) in [5, 5.41) is 29.5. The summed E-state index contributed by atoms with van der Waals surface area (Å²) in [6.45, 7) is 0.797. The molecule has 2 heterocycles. The van der Waals surface area contributed by atoms with Crippen LogP contribution in [0.2, 0.25) is 0 Å². The molecule has 1 aliphatic heterocycles. The van der Waals surface area contributed by atoms with E-state index in [2.05, 4.69) is 57.8 Å². The van der Waals surface area contributed by atoms with Gasteiger partial charge in [-0.05, 0) is 78.8 Å².